The topological polar surface area (TPSA) is 46.9 Å². The minimum Gasteiger partial charge on any atom is -0.507 e. The maximum absolute atomic E-state index is 10.1. The number of phenolic OH excluding ortho intramolecular Hbond substituents is 2. The fraction of sp³-hybridized carbons (Fsp3) is 0.625. The zero-order chi connectivity index (χ0) is 17.9. The predicted octanol–water partition coefficient (Wildman–Crippen LogP) is 3.66. The second-order valence-corrected chi connectivity index (χ2v) is 6.93. The Kier molecular flexibility index (Phi) is 11.2. The Morgan fingerprint density at radius 3 is 1.25 bits per heavy atom. The number of nitrogens with zero attached hydrogens (tertiary/aromatic N) is 2. The van der Waals surface area contributed by atoms with Crippen LogP contribution in [0.5, 0.6) is 11.5 Å². The quantitative estimate of drug-likeness (QED) is 0.509. The molecule has 2 N–H and O–H groups in total. The molecular formula is C16H24Cl4N2O2. The van der Waals surface area contributed by atoms with Gasteiger partial charge in [-0.25, -0.2) is 0 Å². The van der Waals surface area contributed by atoms with Crippen LogP contribution >= 0.6 is 46.4 Å². The van der Waals surface area contributed by atoms with Crippen molar-refractivity contribution in [3.05, 3.63) is 23.3 Å². The molecule has 0 aliphatic carbocycles. The summed E-state index contributed by atoms with van der Waals surface area (Å²) in [6.45, 7) is 3.74. The van der Waals surface area contributed by atoms with E-state index < -0.39 is 0 Å². The van der Waals surface area contributed by atoms with Gasteiger partial charge in [-0.2, -0.15) is 0 Å². The highest BCUT2D eigenvalue weighted by Crippen LogP contribution is 2.29. The second kappa shape index (κ2) is 12.3. The first-order chi connectivity index (χ1) is 11.5. The Bertz CT molecular complexity index is 440. The Labute approximate surface area is 163 Å². The van der Waals surface area contributed by atoms with Gasteiger partial charge in [0.15, 0.2) is 0 Å². The van der Waals surface area contributed by atoms with Gasteiger partial charge in [0.05, 0.1) is 0 Å². The van der Waals surface area contributed by atoms with Crippen LogP contribution in [0.4, 0.5) is 0 Å². The van der Waals surface area contributed by atoms with Gasteiger partial charge in [-0.3, -0.25) is 9.80 Å². The SMILES string of the molecule is Oc1cc(O)c(CN(CCCl)CCCl)cc1CN(CCCl)CCCl. The van der Waals surface area contributed by atoms with Crippen molar-refractivity contribution in [1.29, 1.82) is 0 Å². The number of hydrogen-bond acceptors (Lipinski definition) is 4. The van der Waals surface area contributed by atoms with Crippen LogP contribution in [0.15, 0.2) is 12.1 Å². The van der Waals surface area contributed by atoms with Gasteiger partial charge >= 0.3 is 0 Å². The van der Waals surface area contributed by atoms with Crippen LogP contribution in [0.3, 0.4) is 0 Å². The Morgan fingerprint density at radius 2 is 0.958 bits per heavy atom. The molecule has 0 unspecified atom stereocenters. The van der Waals surface area contributed by atoms with Crippen LogP contribution in [0.1, 0.15) is 11.1 Å². The van der Waals surface area contributed by atoms with E-state index in [1.165, 1.54) is 6.07 Å². The molecule has 0 amide bonds. The molecule has 0 saturated carbocycles. The number of halogens is 4. The summed E-state index contributed by atoms with van der Waals surface area (Å²) >= 11 is 23.3. The van der Waals surface area contributed by atoms with Crippen LogP contribution in [-0.4, -0.2) is 69.7 Å². The first kappa shape index (κ1) is 21.9. The van der Waals surface area contributed by atoms with Gasteiger partial charge in [-0.05, 0) is 6.07 Å². The molecule has 0 spiro atoms. The van der Waals surface area contributed by atoms with Crippen molar-refractivity contribution < 1.29 is 10.2 Å². The summed E-state index contributed by atoms with van der Waals surface area (Å²) in [5, 5.41) is 20.3. The van der Waals surface area contributed by atoms with Crippen molar-refractivity contribution in [3.8, 4) is 11.5 Å². The van der Waals surface area contributed by atoms with Crippen molar-refractivity contribution in [2.24, 2.45) is 0 Å². The molecule has 0 heterocycles. The third-order valence-electron chi connectivity index (χ3n) is 3.67. The van der Waals surface area contributed by atoms with Crippen LogP contribution < -0.4 is 0 Å². The summed E-state index contributed by atoms with van der Waals surface area (Å²) in [6.07, 6.45) is 0. The highest BCUT2D eigenvalue weighted by molar-refractivity contribution is 6.18. The fourth-order valence-corrected chi connectivity index (χ4v) is 3.38. The zero-order valence-electron chi connectivity index (χ0n) is 13.5. The van der Waals surface area contributed by atoms with E-state index >= 15 is 0 Å². The third-order valence-corrected chi connectivity index (χ3v) is 4.35. The van der Waals surface area contributed by atoms with Gasteiger partial charge in [0.25, 0.3) is 0 Å². The molecule has 1 rings (SSSR count). The molecule has 0 aromatic heterocycles. The van der Waals surface area contributed by atoms with Crippen molar-refractivity contribution in [3.63, 3.8) is 0 Å². The lowest BCUT2D eigenvalue weighted by atomic mass is 10.1. The van der Waals surface area contributed by atoms with E-state index in [0.29, 0.717) is 62.8 Å². The molecule has 0 fully saturated rings. The molecule has 0 bridgehead atoms. The lowest BCUT2D eigenvalue weighted by Crippen LogP contribution is -2.28. The Hall–Kier alpha value is -0.100. The molecule has 8 heteroatoms. The highest BCUT2D eigenvalue weighted by Gasteiger charge is 2.14. The molecular weight excluding hydrogens is 394 g/mol. The largest absolute Gasteiger partial charge is 0.507 e. The molecule has 0 radical (unpaired) electrons. The van der Waals surface area contributed by atoms with E-state index in [2.05, 4.69) is 9.80 Å². The summed E-state index contributed by atoms with van der Waals surface area (Å²) in [4.78, 5) is 4.12. The lowest BCUT2D eigenvalue weighted by molar-refractivity contribution is 0.287. The van der Waals surface area contributed by atoms with Crippen molar-refractivity contribution in [2.45, 2.75) is 13.1 Å². The van der Waals surface area contributed by atoms with Crippen LogP contribution in [0.25, 0.3) is 0 Å². The Balaban J connectivity index is 2.94. The molecule has 24 heavy (non-hydrogen) atoms. The van der Waals surface area contributed by atoms with E-state index in [1.54, 1.807) is 0 Å². The van der Waals surface area contributed by atoms with Crippen molar-refractivity contribution >= 4 is 46.4 Å². The number of alkyl halides is 4. The molecule has 0 aliphatic heterocycles. The van der Waals surface area contributed by atoms with E-state index in [9.17, 15) is 10.2 Å². The average molecular weight is 418 g/mol. The lowest BCUT2D eigenvalue weighted by Gasteiger charge is -2.23. The highest BCUT2D eigenvalue weighted by atomic mass is 35.5. The fourth-order valence-electron chi connectivity index (χ4n) is 2.43. The zero-order valence-corrected chi connectivity index (χ0v) is 16.6. The summed E-state index contributed by atoms with van der Waals surface area (Å²) < 4.78 is 0. The van der Waals surface area contributed by atoms with Crippen LogP contribution in [0, 0.1) is 0 Å². The summed E-state index contributed by atoms with van der Waals surface area (Å²) in [5.74, 6) is 2.08. The standard InChI is InChI=1S/C16H24Cl4N2O2/c17-1-5-21(6-2-18)11-13-9-14(16(24)10-15(13)23)12-22(7-3-19)8-4-20/h9-10,23-24H,1-8,11-12H2. The monoisotopic (exact) mass is 416 g/mol. The van der Waals surface area contributed by atoms with Gasteiger partial charge in [-0.15, -0.1) is 46.4 Å². The van der Waals surface area contributed by atoms with Crippen molar-refractivity contribution in [2.75, 3.05) is 49.7 Å². The maximum atomic E-state index is 10.1. The van der Waals surface area contributed by atoms with E-state index in [0.717, 1.165) is 11.1 Å². The number of phenols is 2. The molecule has 0 aliphatic rings. The van der Waals surface area contributed by atoms with E-state index in [1.807, 2.05) is 6.07 Å². The van der Waals surface area contributed by atoms with Gasteiger partial charge in [0.1, 0.15) is 11.5 Å². The summed E-state index contributed by atoms with van der Waals surface area (Å²) in [6, 6.07) is 3.19. The van der Waals surface area contributed by atoms with Gasteiger partial charge in [0.2, 0.25) is 0 Å². The molecule has 138 valence electrons. The summed E-state index contributed by atoms with van der Waals surface area (Å²) in [5.41, 5.74) is 1.46. The summed E-state index contributed by atoms with van der Waals surface area (Å²) in [7, 11) is 0. The second-order valence-electron chi connectivity index (χ2n) is 5.42. The number of aromatic hydroxyl groups is 2. The molecule has 0 saturated heterocycles. The normalized spacial score (nSPS) is 11.6. The van der Waals surface area contributed by atoms with Gasteiger partial charge < -0.3 is 10.2 Å². The number of hydrogen-bond donors (Lipinski definition) is 2. The average Bonchev–Trinajstić information content (AvgIpc) is 2.53. The van der Waals surface area contributed by atoms with Gasteiger partial charge in [0, 0.05) is 80.0 Å². The van der Waals surface area contributed by atoms with Gasteiger partial charge in [-0.1, -0.05) is 0 Å². The van der Waals surface area contributed by atoms with Crippen molar-refractivity contribution in [1.82, 2.24) is 9.80 Å². The Morgan fingerprint density at radius 1 is 0.625 bits per heavy atom. The van der Waals surface area contributed by atoms with Crippen LogP contribution in [0.2, 0.25) is 0 Å². The molecule has 1 aromatic carbocycles. The molecule has 0 atom stereocenters. The smallest absolute Gasteiger partial charge is 0.123 e. The van der Waals surface area contributed by atoms with E-state index in [-0.39, 0.29) is 11.5 Å². The number of rotatable bonds is 12. The first-order valence-corrected chi connectivity index (χ1v) is 9.91. The minimum absolute atomic E-state index is 0.0617. The molecule has 1 aromatic rings. The number of benzene rings is 1. The first-order valence-electron chi connectivity index (χ1n) is 7.78. The maximum Gasteiger partial charge on any atom is 0.123 e. The molecule has 4 nitrogen and oxygen atoms in total. The predicted molar refractivity (Wildman–Crippen MR) is 103 cm³/mol. The minimum atomic E-state index is 0.0617. The van der Waals surface area contributed by atoms with Crippen LogP contribution in [-0.2, 0) is 13.1 Å². The van der Waals surface area contributed by atoms with E-state index in [4.69, 9.17) is 46.4 Å². The third kappa shape index (κ3) is 7.42.